The molecule has 0 spiro atoms. The lowest BCUT2D eigenvalue weighted by molar-refractivity contribution is 0.0698. The van der Waals surface area contributed by atoms with Crippen molar-refractivity contribution >= 4 is 5.91 Å². The lowest BCUT2D eigenvalue weighted by Crippen LogP contribution is -2.39. The van der Waals surface area contributed by atoms with Gasteiger partial charge in [0.25, 0.3) is 5.91 Å². The number of piperidine rings is 1. The number of nitriles is 1. The number of nitrogens with zero attached hydrogens (tertiary/aromatic N) is 2. The van der Waals surface area contributed by atoms with Crippen molar-refractivity contribution in [3.63, 3.8) is 0 Å². The summed E-state index contributed by atoms with van der Waals surface area (Å²) < 4.78 is 5.14. The Balaban J connectivity index is 2.17. The number of methoxy groups -OCH3 is 1. The van der Waals surface area contributed by atoms with Crippen LogP contribution in [0, 0.1) is 24.2 Å². The van der Waals surface area contributed by atoms with Crippen LogP contribution in [-0.4, -0.2) is 31.0 Å². The zero-order chi connectivity index (χ0) is 13.8. The minimum absolute atomic E-state index is 0.0140. The van der Waals surface area contributed by atoms with Gasteiger partial charge >= 0.3 is 0 Å². The third-order valence-electron chi connectivity index (χ3n) is 3.56. The van der Waals surface area contributed by atoms with E-state index in [0.29, 0.717) is 12.1 Å². The standard InChI is InChI=1S/C15H18N2O2/c1-11-8-13(19-2)5-6-14(11)15(18)17-7-3-4-12(9-16)10-17/h5-6,8,12H,3-4,7,10H2,1-2H3/t12-/m0/s1. The van der Waals surface area contributed by atoms with E-state index in [-0.39, 0.29) is 11.8 Å². The third-order valence-corrected chi connectivity index (χ3v) is 3.56. The minimum atomic E-state index is -0.0312. The largest absolute Gasteiger partial charge is 0.497 e. The molecule has 1 aliphatic rings. The molecule has 0 unspecified atom stereocenters. The van der Waals surface area contributed by atoms with Gasteiger partial charge in [-0.2, -0.15) is 5.26 Å². The Morgan fingerprint density at radius 1 is 1.53 bits per heavy atom. The van der Waals surface area contributed by atoms with Crippen molar-refractivity contribution in [3.8, 4) is 11.8 Å². The minimum Gasteiger partial charge on any atom is -0.497 e. The molecule has 4 heteroatoms. The first-order chi connectivity index (χ1) is 9.15. The molecule has 0 aromatic heterocycles. The summed E-state index contributed by atoms with van der Waals surface area (Å²) >= 11 is 0. The van der Waals surface area contributed by atoms with E-state index in [1.54, 1.807) is 24.1 Å². The smallest absolute Gasteiger partial charge is 0.254 e. The second-order valence-corrected chi connectivity index (χ2v) is 4.90. The first-order valence-electron chi connectivity index (χ1n) is 6.49. The Morgan fingerprint density at radius 3 is 2.95 bits per heavy atom. The van der Waals surface area contributed by atoms with Gasteiger partial charge in [-0.15, -0.1) is 0 Å². The molecule has 100 valence electrons. The number of aryl methyl sites for hydroxylation is 1. The molecule has 0 bridgehead atoms. The fourth-order valence-electron chi connectivity index (χ4n) is 2.44. The van der Waals surface area contributed by atoms with Crippen molar-refractivity contribution in [2.75, 3.05) is 20.2 Å². The number of likely N-dealkylation sites (tertiary alicyclic amines) is 1. The SMILES string of the molecule is COc1ccc(C(=O)N2CCC[C@@H](C#N)C2)c(C)c1. The van der Waals surface area contributed by atoms with Crippen molar-refractivity contribution in [2.45, 2.75) is 19.8 Å². The van der Waals surface area contributed by atoms with Crippen molar-refractivity contribution in [2.24, 2.45) is 5.92 Å². The van der Waals surface area contributed by atoms with E-state index in [9.17, 15) is 4.79 Å². The molecule has 1 aliphatic heterocycles. The van der Waals surface area contributed by atoms with E-state index in [2.05, 4.69) is 6.07 Å². The Labute approximate surface area is 113 Å². The number of carbonyl (C=O) groups excluding carboxylic acids is 1. The molecule has 4 nitrogen and oxygen atoms in total. The van der Waals surface area contributed by atoms with Gasteiger partial charge in [0.2, 0.25) is 0 Å². The summed E-state index contributed by atoms with van der Waals surface area (Å²) in [6.45, 7) is 3.19. The van der Waals surface area contributed by atoms with E-state index >= 15 is 0 Å². The van der Waals surface area contributed by atoms with Crippen molar-refractivity contribution in [3.05, 3.63) is 29.3 Å². The average Bonchev–Trinajstić information content (AvgIpc) is 2.46. The summed E-state index contributed by atoms with van der Waals surface area (Å²) in [5.74, 6) is 0.735. The highest BCUT2D eigenvalue weighted by Crippen LogP contribution is 2.22. The van der Waals surface area contributed by atoms with Gasteiger partial charge in [-0.05, 0) is 43.5 Å². The first kappa shape index (κ1) is 13.4. The molecule has 0 radical (unpaired) electrons. The van der Waals surface area contributed by atoms with Crippen molar-refractivity contribution < 1.29 is 9.53 Å². The van der Waals surface area contributed by atoms with E-state index in [4.69, 9.17) is 10.00 Å². The second kappa shape index (κ2) is 5.75. The van der Waals surface area contributed by atoms with E-state index in [1.807, 2.05) is 13.0 Å². The van der Waals surface area contributed by atoms with Gasteiger partial charge in [0.1, 0.15) is 5.75 Å². The Hall–Kier alpha value is -2.02. The molecular weight excluding hydrogens is 240 g/mol. The Morgan fingerprint density at radius 2 is 2.32 bits per heavy atom. The van der Waals surface area contributed by atoms with Crippen molar-refractivity contribution in [1.82, 2.24) is 4.90 Å². The van der Waals surface area contributed by atoms with Gasteiger partial charge in [-0.25, -0.2) is 0 Å². The van der Waals surface area contributed by atoms with Crippen LogP contribution in [0.2, 0.25) is 0 Å². The monoisotopic (exact) mass is 258 g/mol. The highest BCUT2D eigenvalue weighted by Gasteiger charge is 2.25. The molecule has 1 amide bonds. The van der Waals surface area contributed by atoms with Crippen LogP contribution in [0.25, 0.3) is 0 Å². The molecule has 0 N–H and O–H groups in total. The number of ether oxygens (including phenoxy) is 1. The molecule has 1 aromatic rings. The zero-order valence-electron chi connectivity index (χ0n) is 11.3. The predicted molar refractivity (Wildman–Crippen MR) is 72.0 cm³/mol. The molecule has 0 saturated carbocycles. The predicted octanol–water partition coefficient (Wildman–Crippen LogP) is 2.38. The average molecular weight is 258 g/mol. The number of amides is 1. The highest BCUT2D eigenvalue weighted by molar-refractivity contribution is 5.95. The highest BCUT2D eigenvalue weighted by atomic mass is 16.5. The van der Waals surface area contributed by atoms with Crippen LogP contribution in [0.5, 0.6) is 5.75 Å². The molecular formula is C15H18N2O2. The number of rotatable bonds is 2. The van der Waals surface area contributed by atoms with E-state index in [0.717, 1.165) is 30.7 Å². The second-order valence-electron chi connectivity index (χ2n) is 4.90. The quantitative estimate of drug-likeness (QED) is 0.818. The van der Waals surface area contributed by atoms with Crippen LogP contribution >= 0.6 is 0 Å². The topological polar surface area (TPSA) is 53.3 Å². The van der Waals surface area contributed by atoms with Crippen LogP contribution in [0.4, 0.5) is 0 Å². The third kappa shape index (κ3) is 2.87. The maximum absolute atomic E-state index is 12.5. The summed E-state index contributed by atoms with van der Waals surface area (Å²) in [7, 11) is 1.61. The fraction of sp³-hybridized carbons (Fsp3) is 0.467. The lowest BCUT2D eigenvalue weighted by atomic mass is 9.98. The van der Waals surface area contributed by atoms with Crippen LogP contribution in [-0.2, 0) is 0 Å². The van der Waals surface area contributed by atoms with Gasteiger partial charge in [-0.1, -0.05) is 0 Å². The maximum Gasteiger partial charge on any atom is 0.254 e. The van der Waals surface area contributed by atoms with Gasteiger partial charge in [0.05, 0.1) is 19.1 Å². The lowest BCUT2D eigenvalue weighted by Gasteiger charge is -2.30. The fourth-order valence-corrected chi connectivity index (χ4v) is 2.44. The van der Waals surface area contributed by atoms with Gasteiger partial charge < -0.3 is 9.64 Å². The molecule has 1 fully saturated rings. The Kier molecular flexibility index (Phi) is 4.06. The number of hydrogen-bond acceptors (Lipinski definition) is 3. The first-order valence-corrected chi connectivity index (χ1v) is 6.49. The summed E-state index contributed by atoms with van der Waals surface area (Å²) in [5, 5.41) is 8.98. The number of carbonyl (C=O) groups is 1. The van der Waals surface area contributed by atoms with Crippen LogP contribution in [0.15, 0.2) is 18.2 Å². The summed E-state index contributed by atoms with van der Waals surface area (Å²) in [6.07, 6.45) is 1.79. The summed E-state index contributed by atoms with van der Waals surface area (Å²) in [4.78, 5) is 14.2. The zero-order valence-corrected chi connectivity index (χ0v) is 11.3. The number of hydrogen-bond donors (Lipinski definition) is 0. The van der Waals surface area contributed by atoms with Crippen LogP contribution in [0.3, 0.4) is 0 Å². The van der Waals surface area contributed by atoms with E-state index < -0.39 is 0 Å². The summed E-state index contributed by atoms with van der Waals surface area (Å²) in [6, 6.07) is 7.71. The van der Waals surface area contributed by atoms with Gasteiger partial charge in [0, 0.05) is 18.7 Å². The van der Waals surface area contributed by atoms with Crippen LogP contribution < -0.4 is 4.74 Å². The summed E-state index contributed by atoms with van der Waals surface area (Å²) in [5.41, 5.74) is 1.60. The normalized spacial score (nSPS) is 18.8. The molecule has 1 aromatic carbocycles. The molecule has 0 aliphatic carbocycles. The van der Waals surface area contributed by atoms with E-state index in [1.165, 1.54) is 0 Å². The number of benzene rings is 1. The Bertz CT molecular complexity index is 519. The van der Waals surface area contributed by atoms with Gasteiger partial charge in [-0.3, -0.25) is 4.79 Å². The molecule has 1 heterocycles. The maximum atomic E-state index is 12.5. The molecule has 19 heavy (non-hydrogen) atoms. The van der Waals surface area contributed by atoms with Gasteiger partial charge in [0.15, 0.2) is 0 Å². The molecule has 1 saturated heterocycles. The molecule has 2 rings (SSSR count). The van der Waals surface area contributed by atoms with Crippen LogP contribution in [0.1, 0.15) is 28.8 Å². The molecule has 1 atom stereocenters. The van der Waals surface area contributed by atoms with Crippen molar-refractivity contribution in [1.29, 1.82) is 5.26 Å².